The van der Waals surface area contributed by atoms with E-state index in [0.717, 1.165) is 10.9 Å². The maximum Gasteiger partial charge on any atom is 0.390 e. The zero-order valence-electron chi connectivity index (χ0n) is 7.50. The van der Waals surface area contributed by atoms with Crippen molar-refractivity contribution >= 4 is 42.3 Å². The summed E-state index contributed by atoms with van der Waals surface area (Å²) in [6.07, 6.45) is -4.46. The molecule has 1 rings (SSSR count). The lowest BCUT2D eigenvalue weighted by molar-refractivity contribution is -0.137. The number of nitrogens with zero attached hydrogens (tertiary/aromatic N) is 2. The largest absolute Gasteiger partial charge is 0.390 e. The van der Waals surface area contributed by atoms with Crippen LogP contribution in [0, 0.1) is 3.70 Å². The highest BCUT2D eigenvalue weighted by Crippen LogP contribution is 2.24. The van der Waals surface area contributed by atoms with Gasteiger partial charge in [0.15, 0.2) is 0 Å². The van der Waals surface area contributed by atoms with Crippen LogP contribution in [0.4, 0.5) is 13.2 Å². The smallest absolute Gasteiger partial charge is 0.258 e. The van der Waals surface area contributed by atoms with Gasteiger partial charge in [0.2, 0.25) is 0 Å². The number of hydrogen-bond donors (Lipinski definition) is 0. The van der Waals surface area contributed by atoms with E-state index in [4.69, 9.17) is 10.7 Å². The zero-order valence-corrected chi connectivity index (χ0v) is 11.2. The molecule has 0 fully saturated rings. The van der Waals surface area contributed by atoms with Gasteiger partial charge in [-0.05, 0) is 22.6 Å². The Labute approximate surface area is 107 Å². The Bertz CT molecular complexity index is 484. The maximum atomic E-state index is 11.9. The summed E-state index contributed by atoms with van der Waals surface area (Å²) in [6.45, 7) is -0.436. The summed E-state index contributed by atoms with van der Waals surface area (Å²) < 4.78 is 58.7. The quantitative estimate of drug-likeness (QED) is 0.590. The van der Waals surface area contributed by atoms with Crippen molar-refractivity contribution in [2.75, 3.05) is 0 Å². The van der Waals surface area contributed by atoms with E-state index in [1.807, 2.05) is 0 Å². The Morgan fingerprint density at radius 2 is 2.06 bits per heavy atom. The van der Waals surface area contributed by atoms with Crippen molar-refractivity contribution in [3.05, 3.63) is 9.90 Å². The minimum absolute atomic E-state index is 0.0665. The fraction of sp³-hybridized carbons (Fsp3) is 0.500. The lowest BCUT2D eigenvalue weighted by atomic mass is 10.4. The van der Waals surface area contributed by atoms with E-state index in [-0.39, 0.29) is 8.60 Å². The van der Waals surface area contributed by atoms with Gasteiger partial charge in [0.25, 0.3) is 9.05 Å². The van der Waals surface area contributed by atoms with Crippen LogP contribution in [0.2, 0.25) is 0 Å². The van der Waals surface area contributed by atoms with E-state index in [2.05, 4.69) is 5.10 Å². The summed E-state index contributed by atoms with van der Waals surface area (Å²) in [6, 6.07) is 0. The van der Waals surface area contributed by atoms with Gasteiger partial charge in [-0.15, -0.1) is 0 Å². The van der Waals surface area contributed by atoms with E-state index in [1.165, 1.54) is 0 Å². The molecule has 0 spiro atoms. The van der Waals surface area contributed by atoms with Crippen LogP contribution in [0.25, 0.3) is 0 Å². The molecule has 1 aromatic rings. The average Bonchev–Trinajstić information content (AvgIpc) is 2.41. The van der Waals surface area contributed by atoms with Crippen LogP contribution in [0.5, 0.6) is 0 Å². The van der Waals surface area contributed by atoms with Crippen LogP contribution in [-0.4, -0.2) is 24.4 Å². The van der Waals surface area contributed by atoms with Gasteiger partial charge in [-0.1, -0.05) is 0 Å². The topological polar surface area (TPSA) is 52.0 Å². The van der Waals surface area contributed by atoms with E-state index in [1.54, 1.807) is 22.6 Å². The maximum absolute atomic E-state index is 11.9. The summed E-state index contributed by atoms with van der Waals surface area (Å²) in [5, 5.41) is 3.53. The van der Waals surface area contributed by atoms with Crippen LogP contribution < -0.4 is 0 Å². The number of rotatable bonds is 3. The first-order valence-corrected chi connectivity index (χ1v) is 7.23. The minimum Gasteiger partial charge on any atom is -0.258 e. The fourth-order valence-corrected chi connectivity index (χ4v) is 3.49. The van der Waals surface area contributed by atoms with E-state index in [9.17, 15) is 21.6 Å². The van der Waals surface area contributed by atoms with Crippen LogP contribution >= 0.6 is 33.3 Å². The minimum atomic E-state index is -4.31. The van der Waals surface area contributed by atoms with Crippen LogP contribution in [0.1, 0.15) is 6.42 Å². The van der Waals surface area contributed by atoms with Crippen molar-refractivity contribution in [3.8, 4) is 0 Å². The standard InChI is InChI=1S/C6H5ClF3IN2O2S/c7-16(14,15)4-3-12-13(5(4)11)2-1-6(8,9)10/h3H,1-2H2. The summed E-state index contributed by atoms with van der Waals surface area (Å²) in [5.74, 6) is 0. The number of halogens is 5. The van der Waals surface area contributed by atoms with Gasteiger partial charge in [0, 0.05) is 10.7 Å². The second-order valence-electron chi connectivity index (χ2n) is 2.83. The Hall–Kier alpha value is -0.0300. The molecule has 0 saturated carbocycles. The monoisotopic (exact) mass is 388 g/mol. The van der Waals surface area contributed by atoms with Gasteiger partial charge in [-0.2, -0.15) is 18.3 Å². The fourth-order valence-electron chi connectivity index (χ4n) is 0.905. The van der Waals surface area contributed by atoms with Gasteiger partial charge in [-0.25, -0.2) is 8.42 Å². The van der Waals surface area contributed by atoms with E-state index < -0.39 is 28.2 Å². The molecule has 4 nitrogen and oxygen atoms in total. The summed E-state index contributed by atoms with van der Waals surface area (Å²) >= 11 is 1.58. The molecule has 0 atom stereocenters. The van der Waals surface area contributed by atoms with Crippen molar-refractivity contribution < 1.29 is 21.6 Å². The molecule has 0 aliphatic rings. The first-order valence-electron chi connectivity index (χ1n) is 3.84. The highest BCUT2D eigenvalue weighted by atomic mass is 127. The second-order valence-corrected chi connectivity index (χ2v) is 6.38. The lowest BCUT2D eigenvalue weighted by Gasteiger charge is -2.06. The van der Waals surface area contributed by atoms with Crippen molar-refractivity contribution in [2.24, 2.45) is 0 Å². The molecule has 0 bridgehead atoms. The first kappa shape index (κ1) is 14.0. The molecule has 0 radical (unpaired) electrons. The predicted molar refractivity (Wildman–Crippen MR) is 58.7 cm³/mol. The third kappa shape index (κ3) is 3.77. The highest BCUT2D eigenvalue weighted by Gasteiger charge is 2.28. The molecule has 92 valence electrons. The van der Waals surface area contributed by atoms with Crippen LogP contribution in [0.15, 0.2) is 11.1 Å². The van der Waals surface area contributed by atoms with Crippen LogP contribution in [-0.2, 0) is 15.6 Å². The number of hydrogen-bond acceptors (Lipinski definition) is 3. The lowest BCUT2D eigenvalue weighted by Crippen LogP contribution is -2.14. The molecule has 1 aromatic heterocycles. The molecule has 0 aromatic carbocycles. The summed E-state index contributed by atoms with van der Waals surface area (Å²) in [4.78, 5) is -0.281. The molecule has 0 unspecified atom stereocenters. The average molecular weight is 389 g/mol. The molecular formula is C6H5ClF3IN2O2S. The highest BCUT2D eigenvalue weighted by molar-refractivity contribution is 14.1. The normalized spacial score (nSPS) is 13.1. The van der Waals surface area contributed by atoms with Crippen molar-refractivity contribution in [3.63, 3.8) is 0 Å². The SMILES string of the molecule is O=S(=O)(Cl)c1cnn(CCC(F)(F)F)c1I. The number of alkyl halides is 3. The molecule has 1 heterocycles. The Morgan fingerprint density at radius 1 is 1.50 bits per heavy atom. The summed E-state index contributed by atoms with van der Waals surface area (Å²) in [5.41, 5.74) is 0. The molecule has 16 heavy (non-hydrogen) atoms. The van der Waals surface area contributed by atoms with E-state index in [0.29, 0.717) is 0 Å². The molecule has 0 aliphatic heterocycles. The van der Waals surface area contributed by atoms with E-state index >= 15 is 0 Å². The Balaban J connectivity index is 2.90. The Morgan fingerprint density at radius 3 is 2.44 bits per heavy atom. The van der Waals surface area contributed by atoms with Gasteiger partial charge in [-0.3, -0.25) is 4.68 Å². The van der Waals surface area contributed by atoms with Gasteiger partial charge < -0.3 is 0 Å². The molecule has 0 aliphatic carbocycles. The number of aryl methyl sites for hydroxylation is 1. The predicted octanol–water partition coefficient (Wildman–Crippen LogP) is 2.37. The van der Waals surface area contributed by atoms with Crippen LogP contribution in [0.3, 0.4) is 0 Å². The van der Waals surface area contributed by atoms with Gasteiger partial charge in [0.05, 0.1) is 19.2 Å². The summed E-state index contributed by atoms with van der Waals surface area (Å²) in [7, 11) is 1.09. The third-order valence-corrected chi connectivity index (χ3v) is 4.44. The molecule has 0 N–H and O–H groups in total. The Kier molecular flexibility index (Phi) is 4.11. The van der Waals surface area contributed by atoms with Crippen molar-refractivity contribution in [1.29, 1.82) is 0 Å². The molecule has 0 saturated heterocycles. The van der Waals surface area contributed by atoms with Gasteiger partial charge in [0.1, 0.15) is 8.60 Å². The molecule has 0 amide bonds. The third-order valence-electron chi connectivity index (χ3n) is 1.61. The van der Waals surface area contributed by atoms with Gasteiger partial charge >= 0.3 is 6.18 Å². The number of aromatic nitrogens is 2. The second kappa shape index (κ2) is 4.69. The zero-order chi connectivity index (χ0) is 12.6. The van der Waals surface area contributed by atoms with Crippen molar-refractivity contribution in [2.45, 2.75) is 24.0 Å². The molecular weight excluding hydrogens is 383 g/mol. The van der Waals surface area contributed by atoms with Crippen molar-refractivity contribution in [1.82, 2.24) is 9.78 Å². The molecule has 10 heteroatoms. The first-order chi connectivity index (χ1) is 7.11.